The summed E-state index contributed by atoms with van der Waals surface area (Å²) in [5.74, 6) is 0.637. The summed E-state index contributed by atoms with van der Waals surface area (Å²) < 4.78 is 26.0. The maximum absolute atomic E-state index is 13.0. The molecule has 4 heteroatoms. The Morgan fingerprint density at radius 1 is 1.44 bits per heavy atom. The number of alkyl halides is 2. The summed E-state index contributed by atoms with van der Waals surface area (Å²) in [6, 6.07) is 4.83. The van der Waals surface area contributed by atoms with Gasteiger partial charge in [-0.05, 0) is 37.0 Å². The molecule has 0 bridgehead atoms. The van der Waals surface area contributed by atoms with Crippen LogP contribution < -0.4 is 10.6 Å². The van der Waals surface area contributed by atoms with Gasteiger partial charge in [-0.15, -0.1) is 0 Å². The third kappa shape index (κ3) is 2.74. The number of rotatable bonds is 4. The number of benzene rings is 1. The van der Waals surface area contributed by atoms with Crippen LogP contribution >= 0.6 is 0 Å². The number of nitrogens with zero attached hydrogens (tertiary/aromatic N) is 1. The SMILES string of the molecule is CCCC1CCN(c2ccc(N)cc2C(F)F)C1. The molecule has 0 saturated carbocycles. The van der Waals surface area contributed by atoms with Crippen LogP contribution in [0.2, 0.25) is 0 Å². The van der Waals surface area contributed by atoms with E-state index in [4.69, 9.17) is 5.73 Å². The van der Waals surface area contributed by atoms with Gasteiger partial charge in [0.05, 0.1) is 0 Å². The first kappa shape index (κ1) is 13.1. The van der Waals surface area contributed by atoms with Crippen LogP contribution in [0, 0.1) is 5.92 Å². The van der Waals surface area contributed by atoms with Crippen molar-refractivity contribution in [3.63, 3.8) is 0 Å². The van der Waals surface area contributed by atoms with Crippen LogP contribution in [-0.2, 0) is 0 Å². The molecule has 0 radical (unpaired) electrons. The van der Waals surface area contributed by atoms with Crippen LogP contribution in [0.15, 0.2) is 18.2 Å². The van der Waals surface area contributed by atoms with Crippen LogP contribution in [0.5, 0.6) is 0 Å². The quantitative estimate of drug-likeness (QED) is 0.827. The van der Waals surface area contributed by atoms with Crippen molar-refractivity contribution >= 4 is 11.4 Å². The summed E-state index contributed by atoms with van der Waals surface area (Å²) in [7, 11) is 0. The molecular weight excluding hydrogens is 234 g/mol. The van der Waals surface area contributed by atoms with Gasteiger partial charge in [0.25, 0.3) is 6.43 Å². The Balaban J connectivity index is 2.18. The van der Waals surface area contributed by atoms with E-state index in [0.717, 1.165) is 25.9 Å². The van der Waals surface area contributed by atoms with E-state index in [1.165, 1.54) is 12.5 Å². The lowest BCUT2D eigenvalue weighted by atomic mass is 10.0. The van der Waals surface area contributed by atoms with Crippen molar-refractivity contribution in [3.8, 4) is 0 Å². The summed E-state index contributed by atoms with van der Waals surface area (Å²) in [4.78, 5) is 2.07. The van der Waals surface area contributed by atoms with Crippen molar-refractivity contribution < 1.29 is 8.78 Å². The van der Waals surface area contributed by atoms with Crippen molar-refractivity contribution in [2.45, 2.75) is 32.6 Å². The van der Waals surface area contributed by atoms with E-state index in [0.29, 0.717) is 17.3 Å². The largest absolute Gasteiger partial charge is 0.399 e. The molecule has 1 saturated heterocycles. The molecule has 0 aliphatic carbocycles. The summed E-state index contributed by atoms with van der Waals surface area (Å²) in [6.45, 7) is 3.92. The van der Waals surface area contributed by atoms with E-state index in [1.807, 2.05) is 0 Å². The molecule has 18 heavy (non-hydrogen) atoms. The fourth-order valence-corrected chi connectivity index (χ4v) is 2.73. The Bertz CT molecular complexity index is 407. The molecule has 1 aromatic rings. The second-order valence-corrected chi connectivity index (χ2v) is 5.01. The number of hydrogen-bond donors (Lipinski definition) is 1. The topological polar surface area (TPSA) is 29.3 Å². The number of anilines is 2. The smallest absolute Gasteiger partial charge is 0.265 e. The zero-order valence-corrected chi connectivity index (χ0v) is 10.7. The lowest BCUT2D eigenvalue weighted by Gasteiger charge is -2.22. The van der Waals surface area contributed by atoms with E-state index >= 15 is 0 Å². The fourth-order valence-electron chi connectivity index (χ4n) is 2.73. The van der Waals surface area contributed by atoms with Crippen LogP contribution in [0.4, 0.5) is 20.2 Å². The summed E-state index contributed by atoms with van der Waals surface area (Å²) in [6.07, 6.45) is 0.965. The Labute approximate surface area is 107 Å². The molecule has 2 rings (SSSR count). The maximum atomic E-state index is 13.0. The molecule has 1 aliphatic heterocycles. The predicted octanol–water partition coefficient (Wildman–Crippen LogP) is 3.83. The molecule has 100 valence electrons. The molecule has 1 heterocycles. The lowest BCUT2D eigenvalue weighted by Crippen LogP contribution is -2.21. The normalized spacial score (nSPS) is 19.8. The molecular formula is C14H20F2N2. The molecule has 1 aliphatic rings. The Kier molecular flexibility index (Phi) is 4.04. The third-order valence-electron chi connectivity index (χ3n) is 3.61. The van der Waals surface area contributed by atoms with E-state index in [1.54, 1.807) is 12.1 Å². The zero-order chi connectivity index (χ0) is 13.1. The van der Waals surface area contributed by atoms with Gasteiger partial charge < -0.3 is 10.6 Å². The molecule has 2 nitrogen and oxygen atoms in total. The summed E-state index contributed by atoms with van der Waals surface area (Å²) in [5, 5.41) is 0. The Morgan fingerprint density at radius 2 is 2.22 bits per heavy atom. The molecule has 0 spiro atoms. The second-order valence-electron chi connectivity index (χ2n) is 5.01. The van der Waals surface area contributed by atoms with Gasteiger partial charge in [0, 0.05) is 30.0 Å². The fraction of sp³-hybridized carbons (Fsp3) is 0.571. The number of nitrogens with two attached hydrogens (primary N) is 1. The van der Waals surface area contributed by atoms with Gasteiger partial charge in [0.15, 0.2) is 0 Å². The molecule has 2 N–H and O–H groups in total. The number of hydrogen-bond acceptors (Lipinski definition) is 2. The van der Waals surface area contributed by atoms with Crippen LogP contribution in [-0.4, -0.2) is 13.1 Å². The third-order valence-corrected chi connectivity index (χ3v) is 3.61. The van der Waals surface area contributed by atoms with E-state index < -0.39 is 6.43 Å². The van der Waals surface area contributed by atoms with Crippen molar-refractivity contribution in [1.29, 1.82) is 0 Å². The Hall–Kier alpha value is -1.32. The van der Waals surface area contributed by atoms with Gasteiger partial charge >= 0.3 is 0 Å². The average Bonchev–Trinajstić information content (AvgIpc) is 2.78. The highest BCUT2D eigenvalue weighted by Gasteiger charge is 2.25. The monoisotopic (exact) mass is 254 g/mol. The van der Waals surface area contributed by atoms with Gasteiger partial charge in [-0.25, -0.2) is 8.78 Å². The van der Waals surface area contributed by atoms with E-state index in [2.05, 4.69) is 11.8 Å². The minimum Gasteiger partial charge on any atom is -0.399 e. The van der Waals surface area contributed by atoms with Gasteiger partial charge in [-0.1, -0.05) is 13.3 Å². The highest BCUT2D eigenvalue weighted by molar-refractivity contribution is 5.60. The van der Waals surface area contributed by atoms with Gasteiger partial charge in [-0.3, -0.25) is 0 Å². The van der Waals surface area contributed by atoms with Crippen LogP contribution in [0.1, 0.15) is 38.2 Å². The maximum Gasteiger partial charge on any atom is 0.265 e. The molecule has 0 amide bonds. The van der Waals surface area contributed by atoms with Crippen LogP contribution in [0.3, 0.4) is 0 Å². The average molecular weight is 254 g/mol. The van der Waals surface area contributed by atoms with Crippen molar-refractivity contribution in [3.05, 3.63) is 23.8 Å². The number of halogens is 2. The first-order valence-electron chi connectivity index (χ1n) is 6.54. The predicted molar refractivity (Wildman–Crippen MR) is 71.0 cm³/mol. The first-order valence-corrected chi connectivity index (χ1v) is 6.54. The molecule has 0 aromatic heterocycles. The van der Waals surface area contributed by atoms with Crippen molar-refractivity contribution in [1.82, 2.24) is 0 Å². The summed E-state index contributed by atoms with van der Waals surface area (Å²) in [5.41, 5.74) is 6.70. The van der Waals surface area contributed by atoms with Gasteiger partial charge in [0.2, 0.25) is 0 Å². The number of nitrogen functional groups attached to an aromatic ring is 1. The molecule has 1 unspecified atom stereocenters. The first-order chi connectivity index (χ1) is 8.61. The zero-order valence-electron chi connectivity index (χ0n) is 10.7. The van der Waals surface area contributed by atoms with Gasteiger partial charge in [-0.2, -0.15) is 0 Å². The molecule has 1 aromatic carbocycles. The van der Waals surface area contributed by atoms with Crippen molar-refractivity contribution in [2.75, 3.05) is 23.7 Å². The highest BCUT2D eigenvalue weighted by atomic mass is 19.3. The molecule has 1 fully saturated rings. The standard InChI is InChI=1S/C14H20F2N2/c1-2-3-10-6-7-18(9-10)13-5-4-11(17)8-12(13)14(15)16/h4-5,8,10,14H,2-3,6-7,9,17H2,1H3. The van der Waals surface area contributed by atoms with Crippen molar-refractivity contribution in [2.24, 2.45) is 5.92 Å². The second kappa shape index (κ2) is 5.55. The lowest BCUT2D eigenvalue weighted by molar-refractivity contribution is 0.152. The van der Waals surface area contributed by atoms with E-state index in [9.17, 15) is 8.78 Å². The Morgan fingerprint density at radius 3 is 2.89 bits per heavy atom. The minimum absolute atomic E-state index is 0.0622. The highest BCUT2D eigenvalue weighted by Crippen LogP contribution is 2.35. The van der Waals surface area contributed by atoms with Gasteiger partial charge in [0.1, 0.15) is 0 Å². The van der Waals surface area contributed by atoms with Crippen LogP contribution in [0.25, 0.3) is 0 Å². The summed E-state index contributed by atoms with van der Waals surface area (Å²) >= 11 is 0. The minimum atomic E-state index is -2.46. The molecule has 1 atom stereocenters. The van der Waals surface area contributed by atoms with E-state index in [-0.39, 0.29) is 5.56 Å².